The van der Waals surface area contributed by atoms with Gasteiger partial charge in [-0.25, -0.2) is 4.79 Å². The van der Waals surface area contributed by atoms with Gasteiger partial charge in [-0.15, -0.1) is 4.40 Å². The first-order valence-corrected chi connectivity index (χ1v) is 11.8. The monoisotopic (exact) mass is 455 g/mol. The largest absolute Gasteiger partial charge is 0.341 e. The lowest BCUT2D eigenvalue weighted by Crippen LogP contribution is -2.51. The number of piperazine rings is 1. The molecule has 4 rings (SSSR count). The number of urea groups is 1. The van der Waals surface area contributed by atoms with Gasteiger partial charge in [0.15, 0.2) is 5.78 Å². The number of ketones is 1. The van der Waals surface area contributed by atoms with E-state index in [2.05, 4.69) is 19.9 Å². The van der Waals surface area contributed by atoms with Gasteiger partial charge in [0.1, 0.15) is 10.7 Å². The van der Waals surface area contributed by atoms with E-state index in [1.54, 1.807) is 41.3 Å². The highest BCUT2D eigenvalue weighted by molar-refractivity contribution is 7.90. The number of carbonyl (C=O) groups is 2. The Balaban J connectivity index is 1.34. The Morgan fingerprint density at radius 1 is 1.09 bits per heavy atom. The molecule has 2 aliphatic heterocycles. The van der Waals surface area contributed by atoms with Crippen molar-refractivity contribution in [1.82, 2.24) is 9.80 Å². The summed E-state index contributed by atoms with van der Waals surface area (Å²) in [4.78, 5) is 28.1. The maximum atomic E-state index is 12.6. The fraction of sp³-hybridized carbons (Fsp3) is 0.318. The molecule has 0 spiro atoms. The molecule has 2 N–H and O–H groups in total. The predicted octanol–water partition coefficient (Wildman–Crippen LogP) is 2.56. The van der Waals surface area contributed by atoms with Crippen LogP contribution >= 0.6 is 0 Å². The molecule has 0 aliphatic carbocycles. The van der Waals surface area contributed by atoms with Gasteiger partial charge in [-0.3, -0.25) is 9.69 Å². The van der Waals surface area contributed by atoms with E-state index in [0.29, 0.717) is 55.5 Å². The number of anilines is 2. The van der Waals surface area contributed by atoms with Crippen LogP contribution in [0.3, 0.4) is 0 Å². The zero-order valence-corrected chi connectivity index (χ0v) is 18.8. The van der Waals surface area contributed by atoms with Crippen LogP contribution in [0.15, 0.2) is 51.8 Å². The minimum atomic E-state index is -3.73. The zero-order chi connectivity index (χ0) is 22.9. The summed E-state index contributed by atoms with van der Waals surface area (Å²) in [5, 5.41) is 5.95. The number of fused-ring (bicyclic) bond motifs is 1. The number of rotatable bonds is 4. The van der Waals surface area contributed by atoms with E-state index in [1.807, 2.05) is 13.0 Å². The molecule has 10 heteroatoms. The van der Waals surface area contributed by atoms with E-state index in [1.165, 1.54) is 6.92 Å². The molecule has 9 nitrogen and oxygen atoms in total. The topological polar surface area (TPSA) is 111 Å². The second-order valence-corrected chi connectivity index (χ2v) is 9.54. The summed E-state index contributed by atoms with van der Waals surface area (Å²) in [6, 6.07) is 11.8. The van der Waals surface area contributed by atoms with E-state index in [-0.39, 0.29) is 16.7 Å². The highest BCUT2D eigenvalue weighted by Crippen LogP contribution is 2.28. The van der Waals surface area contributed by atoms with E-state index in [9.17, 15) is 18.0 Å². The lowest BCUT2D eigenvalue weighted by molar-refractivity contribution is 0.101. The maximum Gasteiger partial charge on any atom is 0.321 e. The highest BCUT2D eigenvalue weighted by Gasteiger charge is 2.27. The predicted molar refractivity (Wildman–Crippen MR) is 123 cm³/mol. The van der Waals surface area contributed by atoms with Crippen LogP contribution in [0.1, 0.15) is 22.8 Å². The van der Waals surface area contributed by atoms with Crippen molar-refractivity contribution in [2.75, 3.05) is 43.4 Å². The van der Waals surface area contributed by atoms with Gasteiger partial charge >= 0.3 is 6.03 Å². The third-order valence-corrected chi connectivity index (χ3v) is 6.83. The molecule has 2 heterocycles. The normalized spacial score (nSPS) is 17.7. The van der Waals surface area contributed by atoms with Crippen molar-refractivity contribution in [1.29, 1.82) is 0 Å². The third kappa shape index (κ3) is 4.81. The number of amidine groups is 1. The van der Waals surface area contributed by atoms with Crippen LogP contribution in [0.25, 0.3) is 0 Å². The van der Waals surface area contributed by atoms with E-state index in [0.717, 1.165) is 5.56 Å². The Morgan fingerprint density at radius 2 is 1.84 bits per heavy atom. The summed E-state index contributed by atoms with van der Waals surface area (Å²) < 4.78 is 29.0. The third-order valence-electron chi connectivity index (χ3n) is 5.48. The fourth-order valence-electron chi connectivity index (χ4n) is 3.73. The number of benzene rings is 2. The Labute approximate surface area is 187 Å². The summed E-state index contributed by atoms with van der Waals surface area (Å²) in [6.07, 6.45) is 0. The first kappa shape index (κ1) is 22.0. The second kappa shape index (κ2) is 8.71. The van der Waals surface area contributed by atoms with E-state index >= 15 is 0 Å². The SMILES string of the molecule is CC(=O)c1cccc(NC(=O)N2CCN(CC3=NS(=O)(=O)c4cc(C)ccc4N3)CC2)c1. The molecule has 0 saturated carbocycles. The average molecular weight is 456 g/mol. The van der Waals surface area contributed by atoms with Gasteiger partial charge in [-0.05, 0) is 43.7 Å². The summed E-state index contributed by atoms with van der Waals surface area (Å²) in [7, 11) is -3.73. The molecule has 0 radical (unpaired) electrons. The van der Waals surface area contributed by atoms with Crippen LogP contribution in [0, 0.1) is 6.92 Å². The van der Waals surface area contributed by atoms with Crippen molar-refractivity contribution in [3.8, 4) is 0 Å². The molecule has 0 bridgehead atoms. The van der Waals surface area contributed by atoms with Gasteiger partial charge < -0.3 is 15.5 Å². The number of Topliss-reactive ketones (excluding diaryl/α,β-unsaturated/α-hetero) is 1. The van der Waals surface area contributed by atoms with Gasteiger partial charge in [0.2, 0.25) is 0 Å². The minimum absolute atomic E-state index is 0.0614. The number of nitrogens with one attached hydrogen (secondary N) is 2. The van der Waals surface area contributed by atoms with Crippen LogP contribution in [-0.2, 0) is 10.0 Å². The molecule has 1 fully saturated rings. The van der Waals surface area contributed by atoms with Crippen molar-refractivity contribution >= 4 is 39.0 Å². The smallest absolute Gasteiger partial charge is 0.321 e. The van der Waals surface area contributed by atoms with Crippen LogP contribution in [0.4, 0.5) is 16.2 Å². The van der Waals surface area contributed by atoms with Crippen LogP contribution in [-0.4, -0.2) is 68.6 Å². The number of hydrogen-bond acceptors (Lipinski definition) is 6. The molecule has 32 heavy (non-hydrogen) atoms. The molecule has 0 unspecified atom stereocenters. The Morgan fingerprint density at radius 3 is 2.56 bits per heavy atom. The highest BCUT2D eigenvalue weighted by atomic mass is 32.2. The van der Waals surface area contributed by atoms with Gasteiger partial charge in [0.25, 0.3) is 10.0 Å². The van der Waals surface area contributed by atoms with Crippen molar-refractivity contribution in [3.63, 3.8) is 0 Å². The van der Waals surface area contributed by atoms with Crippen LogP contribution in [0.5, 0.6) is 0 Å². The van der Waals surface area contributed by atoms with Gasteiger partial charge in [0, 0.05) is 37.4 Å². The lowest BCUT2D eigenvalue weighted by Gasteiger charge is -2.35. The van der Waals surface area contributed by atoms with Gasteiger partial charge in [-0.2, -0.15) is 8.42 Å². The molecule has 168 valence electrons. The summed E-state index contributed by atoms with van der Waals surface area (Å²) in [5.41, 5.74) is 2.51. The van der Waals surface area contributed by atoms with Crippen LogP contribution in [0.2, 0.25) is 0 Å². The average Bonchev–Trinajstić information content (AvgIpc) is 2.74. The Hall–Kier alpha value is -3.24. The van der Waals surface area contributed by atoms with Gasteiger partial charge in [0.05, 0.1) is 12.2 Å². The quantitative estimate of drug-likeness (QED) is 0.686. The summed E-state index contributed by atoms with van der Waals surface area (Å²) in [6.45, 7) is 5.83. The number of hydrogen-bond donors (Lipinski definition) is 2. The lowest BCUT2D eigenvalue weighted by atomic mass is 10.1. The Bertz CT molecular complexity index is 1200. The van der Waals surface area contributed by atoms with Crippen molar-refractivity contribution in [2.24, 2.45) is 4.40 Å². The van der Waals surface area contributed by atoms with Crippen LogP contribution < -0.4 is 10.6 Å². The van der Waals surface area contributed by atoms with Crippen molar-refractivity contribution in [3.05, 3.63) is 53.6 Å². The minimum Gasteiger partial charge on any atom is -0.341 e. The Kier molecular flexibility index (Phi) is 5.98. The standard InChI is InChI=1S/C22H25N5O4S/c1-15-6-7-19-20(12-15)32(30,31)25-21(24-19)14-26-8-10-27(11-9-26)22(29)23-18-5-3-4-17(13-18)16(2)28/h3-7,12-13H,8-11,14H2,1-2H3,(H,23,29)(H,24,25). The molecular formula is C22H25N5O4S. The molecule has 2 aliphatic rings. The number of amides is 2. The van der Waals surface area contributed by atoms with Crippen molar-refractivity contribution < 1.29 is 18.0 Å². The number of nitrogens with zero attached hydrogens (tertiary/aromatic N) is 3. The molecule has 1 saturated heterocycles. The molecule has 2 aromatic carbocycles. The molecule has 0 atom stereocenters. The number of aryl methyl sites for hydroxylation is 1. The van der Waals surface area contributed by atoms with Crippen molar-refractivity contribution in [2.45, 2.75) is 18.7 Å². The number of carbonyl (C=O) groups excluding carboxylic acids is 2. The molecule has 2 amide bonds. The van der Waals surface area contributed by atoms with E-state index < -0.39 is 10.0 Å². The number of sulfonamides is 1. The first-order valence-electron chi connectivity index (χ1n) is 10.3. The summed E-state index contributed by atoms with van der Waals surface area (Å²) in [5.74, 6) is 0.314. The fourth-order valence-corrected chi connectivity index (χ4v) is 4.95. The molecule has 0 aromatic heterocycles. The zero-order valence-electron chi connectivity index (χ0n) is 18.0. The summed E-state index contributed by atoms with van der Waals surface area (Å²) >= 11 is 0. The molecular weight excluding hydrogens is 430 g/mol. The molecule has 2 aromatic rings. The van der Waals surface area contributed by atoms with E-state index in [4.69, 9.17) is 0 Å². The maximum absolute atomic E-state index is 12.6. The van der Waals surface area contributed by atoms with Gasteiger partial charge in [-0.1, -0.05) is 18.2 Å². The first-order chi connectivity index (χ1) is 15.2. The second-order valence-electron chi connectivity index (χ2n) is 7.97.